The molecule has 0 aromatic rings. The molecule has 0 radical (unpaired) electrons. The lowest BCUT2D eigenvalue weighted by atomic mass is 10.2. The van der Waals surface area contributed by atoms with E-state index in [0.717, 1.165) is 0 Å². The summed E-state index contributed by atoms with van der Waals surface area (Å²) in [6.07, 6.45) is 0. The molecule has 6 heteroatoms. The Bertz CT molecular complexity index is 283. The first kappa shape index (κ1) is 11.0. The van der Waals surface area contributed by atoms with Crippen LogP contribution >= 0.6 is 23.2 Å². The van der Waals surface area contributed by atoms with Crippen LogP contribution in [0, 0.1) is 0 Å². The number of alkyl halides is 2. The molecule has 1 aliphatic heterocycles. The van der Waals surface area contributed by atoms with Gasteiger partial charge in [-0.1, -0.05) is 23.2 Å². The normalized spacial score (nSPS) is 24.9. The Kier molecular flexibility index (Phi) is 2.51. The summed E-state index contributed by atoms with van der Waals surface area (Å²) in [4.78, 5) is 12.6. The Balaban J connectivity index is 2.96. The third-order valence-electron chi connectivity index (χ3n) is 1.61. The van der Waals surface area contributed by atoms with Gasteiger partial charge in [0.05, 0.1) is 0 Å². The summed E-state index contributed by atoms with van der Waals surface area (Å²) in [5.74, 6) is 0.188. The van der Waals surface area contributed by atoms with E-state index in [1.807, 2.05) is 0 Å². The minimum Gasteiger partial charge on any atom is -0.308 e. The molecule has 0 spiro atoms. The van der Waals surface area contributed by atoms with Gasteiger partial charge in [0.15, 0.2) is 8.24 Å². The number of hydrogen-bond donors (Lipinski definition) is 0. The van der Waals surface area contributed by atoms with Crippen LogP contribution in [0.2, 0.25) is 19.6 Å². The maximum atomic E-state index is 11.2. The van der Waals surface area contributed by atoms with Gasteiger partial charge in [-0.25, -0.2) is 0 Å². The van der Waals surface area contributed by atoms with Crippen LogP contribution in [-0.2, 0) is 4.79 Å². The van der Waals surface area contributed by atoms with Crippen molar-refractivity contribution in [3.63, 3.8) is 0 Å². The Labute approximate surface area is 88.8 Å². The van der Waals surface area contributed by atoms with Gasteiger partial charge >= 0.3 is 0 Å². The highest BCUT2D eigenvalue weighted by Gasteiger charge is 2.55. The van der Waals surface area contributed by atoms with E-state index in [9.17, 15) is 4.79 Å². The third kappa shape index (κ3) is 1.90. The van der Waals surface area contributed by atoms with Crippen LogP contribution in [0.15, 0.2) is 4.66 Å². The fourth-order valence-electron chi connectivity index (χ4n) is 1.02. The molecule has 13 heavy (non-hydrogen) atoms. The van der Waals surface area contributed by atoms with Crippen molar-refractivity contribution in [3.05, 3.63) is 0 Å². The maximum Gasteiger partial charge on any atom is 0.272 e. The van der Waals surface area contributed by atoms with Crippen LogP contribution in [0.1, 0.15) is 0 Å². The van der Waals surface area contributed by atoms with Crippen molar-refractivity contribution >= 4 is 43.2 Å². The van der Waals surface area contributed by atoms with Gasteiger partial charge in [-0.2, -0.15) is 0 Å². The zero-order chi connectivity index (χ0) is 10.4. The summed E-state index contributed by atoms with van der Waals surface area (Å²) in [5, 5.41) is 0. The van der Waals surface area contributed by atoms with E-state index in [0.29, 0.717) is 5.84 Å². The number of rotatable bonds is 1. The molecule has 1 aliphatic rings. The van der Waals surface area contributed by atoms with Crippen molar-refractivity contribution in [3.8, 4) is 0 Å². The molecular formula is C7H12Cl2N2OSi. The van der Waals surface area contributed by atoms with Gasteiger partial charge in [-0.15, -0.1) is 0 Å². The van der Waals surface area contributed by atoms with Crippen molar-refractivity contribution in [1.29, 1.82) is 0 Å². The number of likely N-dealkylation sites (tertiary alicyclic amines) is 1. The average Bonchev–Trinajstić information content (AvgIpc) is 1.96. The van der Waals surface area contributed by atoms with Crippen LogP contribution < -0.4 is 0 Å². The summed E-state index contributed by atoms with van der Waals surface area (Å²) < 4.78 is 2.99. The van der Waals surface area contributed by atoms with Gasteiger partial charge in [0, 0.05) is 7.05 Å². The van der Waals surface area contributed by atoms with Crippen LogP contribution in [-0.4, -0.2) is 36.3 Å². The maximum absolute atomic E-state index is 11.2. The summed E-state index contributed by atoms with van der Waals surface area (Å²) in [7, 11) is 0.00423. The first-order chi connectivity index (χ1) is 5.66. The molecule has 0 unspecified atom stereocenters. The fraction of sp³-hybridized carbons (Fsp3) is 0.714. The number of nitrogens with zero attached hydrogens (tertiary/aromatic N) is 2. The van der Waals surface area contributed by atoms with Gasteiger partial charge in [0.2, 0.25) is 0 Å². The molecule has 1 heterocycles. The Morgan fingerprint density at radius 1 is 1.38 bits per heavy atom. The predicted octanol–water partition coefficient (Wildman–Crippen LogP) is 1.87. The number of carbonyl (C=O) groups is 1. The second-order valence-corrected chi connectivity index (χ2v) is 9.94. The van der Waals surface area contributed by atoms with Crippen LogP contribution in [0.25, 0.3) is 0 Å². The molecule has 0 aromatic carbocycles. The minimum absolute atomic E-state index is 0.298. The van der Waals surface area contributed by atoms with Crippen molar-refractivity contribution in [2.24, 2.45) is 4.66 Å². The Hall–Kier alpha value is -0.0631. The second kappa shape index (κ2) is 2.97. The zero-order valence-electron chi connectivity index (χ0n) is 8.06. The molecule has 1 rings (SSSR count). The van der Waals surface area contributed by atoms with Gasteiger partial charge in [0.1, 0.15) is 5.84 Å². The summed E-state index contributed by atoms with van der Waals surface area (Å²) in [6.45, 7) is 6.17. The molecule has 1 saturated heterocycles. The van der Waals surface area contributed by atoms with E-state index in [1.54, 1.807) is 7.05 Å². The van der Waals surface area contributed by atoms with E-state index in [-0.39, 0.29) is 5.91 Å². The molecule has 1 fully saturated rings. The first-order valence-electron chi connectivity index (χ1n) is 3.92. The lowest BCUT2D eigenvalue weighted by molar-refractivity contribution is -0.129. The van der Waals surface area contributed by atoms with E-state index in [1.165, 1.54) is 4.90 Å². The van der Waals surface area contributed by atoms with E-state index >= 15 is 0 Å². The summed E-state index contributed by atoms with van der Waals surface area (Å²) >= 11 is 11.6. The number of carbonyl (C=O) groups excluding carboxylic acids is 1. The molecule has 0 aliphatic carbocycles. The highest BCUT2D eigenvalue weighted by atomic mass is 35.5. The smallest absolute Gasteiger partial charge is 0.272 e. The highest BCUT2D eigenvalue weighted by molar-refractivity contribution is 6.79. The molecule has 0 bridgehead atoms. The highest BCUT2D eigenvalue weighted by Crippen LogP contribution is 2.36. The number of amides is 1. The number of amidine groups is 1. The average molecular weight is 239 g/mol. The molecule has 0 atom stereocenters. The molecule has 0 aromatic heterocycles. The van der Waals surface area contributed by atoms with Crippen LogP contribution in [0.5, 0.6) is 0 Å². The van der Waals surface area contributed by atoms with Crippen LogP contribution in [0.3, 0.4) is 0 Å². The summed E-state index contributed by atoms with van der Waals surface area (Å²) in [6, 6.07) is 0. The lowest BCUT2D eigenvalue weighted by Crippen LogP contribution is -2.64. The van der Waals surface area contributed by atoms with Crippen molar-refractivity contribution in [1.82, 2.24) is 4.90 Å². The van der Waals surface area contributed by atoms with Gasteiger partial charge in [-0.3, -0.25) is 9.69 Å². The molecular weight excluding hydrogens is 227 g/mol. The second-order valence-electron chi connectivity index (χ2n) is 4.04. The molecule has 3 nitrogen and oxygen atoms in total. The number of hydrogen-bond acceptors (Lipinski definition) is 2. The summed E-state index contributed by atoms with van der Waals surface area (Å²) in [5.41, 5.74) is 0. The topological polar surface area (TPSA) is 32.7 Å². The number of β-lactam (4-membered cyclic amide) rings is 1. The third-order valence-corrected chi connectivity index (χ3v) is 3.16. The SMILES string of the molecule is CN1C(=O)C(Cl)(Cl)C1=N[Si](C)(C)C. The van der Waals surface area contributed by atoms with Crippen molar-refractivity contribution < 1.29 is 4.79 Å². The van der Waals surface area contributed by atoms with Gasteiger partial charge in [-0.05, 0) is 19.6 Å². The standard InChI is InChI=1S/C7H12Cl2N2OSi/c1-11-5(10-13(2,3)4)7(8,9)6(11)12/h1-4H3. The predicted molar refractivity (Wildman–Crippen MR) is 58.0 cm³/mol. The largest absolute Gasteiger partial charge is 0.308 e. The van der Waals surface area contributed by atoms with Crippen LogP contribution in [0.4, 0.5) is 0 Å². The monoisotopic (exact) mass is 238 g/mol. The van der Waals surface area contributed by atoms with E-state index < -0.39 is 12.6 Å². The van der Waals surface area contributed by atoms with Gasteiger partial charge < -0.3 is 4.66 Å². The molecule has 0 saturated carbocycles. The fourth-order valence-corrected chi connectivity index (χ4v) is 2.71. The molecule has 0 N–H and O–H groups in total. The lowest BCUT2D eigenvalue weighted by Gasteiger charge is -2.40. The first-order valence-corrected chi connectivity index (χ1v) is 8.13. The Morgan fingerprint density at radius 3 is 2.15 bits per heavy atom. The zero-order valence-corrected chi connectivity index (χ0v) is 10.6. The molecule has 1 amide bonds. The quantitative estimate of drug-likeness (QED) is 0.390. The Morgan fingerprint density at radius 2 is 1.85 bits per heavy atom. The minimum atomic E-state index is -1.63. The number of halogens is 2. The molecule has 74 valence electrons. The van der Waals surface area contributed by atoms with E-state index in [4.69, 9.17) is 23.2 Å². The van der Waals surface area contributed by atoms with Gasteiger partial charge in [0.25, 0.3) is 10.2 Å². The van der Waals surface area contributed by atoms with E-state index in [2.05, 4.69) is 24.3 Å². The van der Waals surface area contributed by atoms with Crippen molar-refractivity contribution in [2.75, 3.05) is 7.05 Å². The van der Waals surface area contributed by atoms with Crippen molar-refractivity contribution in [2.45, 2.75) is 24.0 Å².